The maximum absolute atomic E-state index is 13.9. The summed E-state index contributed by atoms with van der Waals surface area (Å²) in [5.74, 6) is -1.00. The lowest BCUT2D eigenvalue weighted by Gasteiger charge is -2.29. The fourth-order valence-electron chi connectivity index (χ4n) is 2.90. The standard InChI is InChI=1S/C18H21F2N3O/c1-18(2,3)17-21-14-10-23(8-7-12(14)16(24)22-17)9-11-5-4-6-13(19)15(11)20/h4-6H,7-10H2,1-3H3,(H,21,22,24). The highest BCUT2D eigenvalue weighted by molar-refractivity contribution is 5.24. The van der Waals surface area contributed by atoms with Crippen LogP contribution in [0.2, 0.25) is 0 Å². The van der Waals surface area contributed by atoms with Crippen LogP contribution in [0.15, 0.2) is 23.0 Å². The number of nitrogens with zero attached hydrogens (tertiary/aromatic N) is 2. The van der Waals surface area contributed by atoms with Gasteiger partial charge in [-0.05, 0) is 12.5 Å². The smallest absolute Gasteiger partial charge is 0.254 e. The fraction of sp³-hybridized carbons (Fsp3) is 0.444. The van der Waals surface area contributed by atoms with Gasteiger partial charge in [-0.1, -0.05) is 32.9 Å². The maximum Gasteiger partial charge on any atom is 0.254 e. The van der Waals surface area contributed by atoms with E-state index in [-0.39, 0.29) is 11.0 Å². The lowest BCUT2D eigenvalue weighted by molar-refractivity contribution is 0.235. The van der Waals surface area contributed by atoms with Crippen molar-refractivity contribution in [2.45, 2.75) is 45.7 Å². The minimum atomic E-state index is -0.838. The first-order valence-corrected chi connectivity index (χ1v) is 8.03. The number of H-pyrrole nitrogens is 1. The number of halogens is 2. The van der Waals surface area contributed by atoms with Crippen molar-refractivity contribution in [3.8, 4) is 0 Å². The molecule has 2 aromatic rings. The Morgan fingerprint density at radius 3 is 2.75 bits per heavy atom. The zero-order valence-electron chi connectivity index (χ0n) is 14.1. The second-order valence-electron chi connectivity index (χ2n) is 7.26. The molecule has 3 rings (SSSR count). The van der Waals surface area contributed by atoms with Crippen LogP contribution in [0.1, 0.15) is 43.4 Å². The summed E-state index contributed by atoms with van der Waals surface area (Å²) < 4.78 is 27.2. The third-order valence-corrected chi connectivity index (χ3v) is 4.29. The van der Waals surface area contributed by atoms with Crippen LogP contribution in [0.5, 0.6) is 0 Å². The second kappa shape index (κ2) is 6.09. The molecule has 0 fully saturated rings. The first-order valence-electron chi connectivity index (χ1n) is 8.03. The highest BCUT2D eigenvalue weighted by Crippen LogP contribution is 2.22. The molecule has 6 heteroatoms. The molecule has 0 atom stereocenters. The highest BCUT2D eigenvalue weighted by atomic mass is 19.2. The molecular weight excluding hydrogens is 312 g/mol. The summed E-state index contributed by atoms with van der Waals surface area (Å²) in [6.07, 6.45) is 0.555. The maximum atomic E-state index is 13.9. The lowest BCUT2D eigenvalue weighted by atomic mass is 9.95. The van der Waals surface area contributed by atoms with E-state index in [0.29, 0.717) is 43.0 Å². The number of aromatic nitrogens is 2. The molecule has 0 unspecified atom stereocenters. The van der Waals surface area contributed by atoms with Gasteiger partial charge in [0.05, 0.1) is 5.69 Å². The van der Waals surface area contributed by atoms with Gasteiger partial charge in [0.25, 0.3) is 5.56 Å². The van der Waals surface area contributed by atoms with E-state index in [2.05, 4.69) is 9.97 Å². The van der Waals surface area contributed by atoms with E-state index in [1.54, 1.807) is 6.07 Å². The van der Waals surface area contributed by atoms with Crippen LogP contribution in [-0.2, 0) is 24.9 Å². The molecule has 0 saturated carbocycles. The van der Waals surface area contributed by atoms with Crippen molar-refractivity contribution in [3.63, 3.8) is 0 Å². The van der Waals surface area contributed by atoms with E-state index < -0.39 is 11.6 Å². The van der Waals surface area contributed by atoms with E-state index in [4.69, 9.17) is 0 Å². The van der Waals surface area contributed by atoms with Crippen LogP contribution in [0.25, 0.3) is 0 Å². The second-order valence-corrected chi connectivity index (χ2v) is 7.26. The monoisotopic (exact) mass is 333 g/mol. The number of hydrogen-bond donors (Lipinski definition) is 1. The van der Waals surface area contributed by atoms with Crippen molar-refractivity contribution >= 4 is 0 Å². The molecule has 0 bridgehead atoms. The first-order chi connectivity index (χ1) is 11.3. The molecule has 0 aliphatic carbocycles. The Bertz CT molecular complexity index is 824. The van der Waals surface area contributed by atoms with Gasteiger partial charge in [0.15, 0.2) is 11.6 Å². The van der Waals surface area contributed by atoms with Crippen molar-refractivity contribution in [2.75, 3.05) is 6.54 Å². The van der Waals surface area contributed by atoms with E-state index in [0.717, 1.165) is 11.8 Å². The van der Waals surface area contributed by atoms with Crippen LogP contribution in [0, 0.1) is 11.6 Å². The van der Waals surface area contributed by atoms with Crippen molar-refractivity contribution in [3.05, 3.63) is 62.8 Å². The van der Waals surface area contributed by atoms with Gasteiger partial charge in [-0.25, -0.2) is 13.8 Å². The summed E-state index contributed by atoms with van der Waals surface area (Å²) in [6.45, 7) is 7.32. The molecule has 0 amide bonds. The summed E-state index contributed by atoms with van der Waals surface area (Å²) in [4.78, 5) is 21.7. The van der Waals surface area contributed by atoms with Crippen molar-refractivity contribution in [2.24, 2.45) is 0 Å². The molecule has 0 radical (unpaired) electrons. The third-order valence-electron chi connectivity index (χ3n) is 4.29. The van der Waals surface area contributed by atoms with Gasteiger partial charge in [-0.3, -0.25) is 9.69 Å². The molecule has 1 aliphatic heterocycles. The quantitative estimate of drug-likeness (QED) is 0.919. The SMILES string of the molecule is CC(C)(C)c1nc2c(c(=O)[nH]1)CCN(Cc1cccc(F)c1F)C2. The van der Waals surface area contributed by atoms with Crippen LogP contribution >= 0.6 is 0 Å². The third kappa shape index (κ3) is 3.24. The van der Waals surface area contributed by atoms with Crippen LogP contribution in [0.4, 0.5) is 8.78 Å². The first kappa shape index (κ1) is 16.8. The fourth-order valence-corrected chi connectivity index (χ4v) is 2.90. The molecule has 128 valence electrons. The molecule has 0 spiro atoms. The van der Waals surface area contributed by atoms with E-state index in [1.165, 1.54) is 6.07 Å². The van der Waals surface area contributed by atoms with Crippen molar-refractivity contribution in [1.82, 2.24) is 14.9 Å². The minimum Gasteiger partial charge on any atom is -0.310 e. The Balaban J connectivity index is 1.87. The van der Waals surface area contributed by atoms with Gasteiger partial charge in [0, 0.05) is 36.2 Å². The zero-order valence-corrected chi connectivity index (χ0v) is 14.1. The summed E-state index contributed by atoms with van der Waals surface area (Å²) in [5, 5.41) is 0. The van der Waals surface area contributed by atoms with Crippen molar-refractivity contribution < 1.29 is 8.78 Å². The Morgan fingerprint density at radius 2 is 2.04 bits per heavy atom. The normalized spacial score (nSPS) is 15.4. The van der Waals surface area contributed by atoms with Gasteiger partial charge < -0.3 is 4.98 Å². The molecule has 0 saturated heterocycles. The largest absolute Gasteiger partial charge is 0.310 e. The van der Waals surface area contributed by atoms with Crippen LogP contribution in [-0.4, -0.2) is 21.4 Å². The molecule has 1 N–H and O–H groups in total. The lowest BCUT2D eigenvalue weighted by Crippen LogP contribution is -2.36. The Morgan fingerprint density at radius 1 is 1.29 bits per heavy atom. The summed E-state index contributed by atoms with van der Waals surface area (Å²) in [5.41, 5.74) is 1.39. The van der Waals surface area contributed by atoms with E-state index >= 15 is 0 Å². The Hall–Kier alpha value is -2.08. The number of aromatic amines is 1. The predicted octanol–water partition coefficient (Wildman–Crippen LogP) is 2.90. The Labute approximate surface area is 139 Å². The molecule has 1 aromatic heterocycles. The van der Waals surface area contributed by atoms with Gasteiger partial charge in [0.1, 0.15) is 5.82 Å². The van der Waals surface area contributed by atoms with Gasteiger partial charge in [0.2, 0.25) is 0 Å². The van der Waals surface area contributed by atoms with Crippen molar-refractivity contribution in [1.29, 1.82) is 0 Å². The average Bonchev–Trinajstić information content (AvgIpc) is 2.50. The number of hydrogen-bond acceptors (Lipinski definition) is 3. The highest BCUT2D eigenvalue weighted by Gasteiger charge is 2.25. The van der Waals surface area contributed by atoms with Gasteiger partial charge >= 0.3 is 0 Å². The summed E-state index contributed by atoms with van der Waals surface area (Å²) in [7, 11) is 0. The summed E-state index contributed by atoms with van der Waals surface area (Å²) >= 11 is 0. The number of nitrogens with one attached hydrogen (secondary N) is 1. The summed E-state index contributed by atoms with van der Waals surface area (Å²) in [6, 6.07) is 4.20. The van der Waals surface area contributed by atoms with Gasteiger partial charge in [-0.15, -0.1) is 0 Å². The molecule has 1 aromatic carbocycles. The number of benzene rings is 1. The molecular formula is C18H21F2N3O. The van der Waals surface area contributed by atoms with Crippen LogP contribution < -0.4 is 5.56 Å². The van der Waals surface area contributed by atoms with Crippen LogP contribution in [0.3, 0.4) is 0 Å². The Kier molecular flexibility index (Phi) is 4.25. The van der Waals surface area contributed by atoms with E-state index in [9.17, 15) is 13.6 Å². The molecule has 4 nitrogen and oxygen atoms in total. The molecule has 1 aliphatic rings. The minimum absolute atomic E-state index is 0.0958. The predicted molar refractivity (Wildman–Crippen MR) is 87.7 cm³/mol. The zero-order chi connectivity index (χ0) is 17.5. The van der Waals surface area contributed by atoms with E-state index in [1.807, 2.05) is 25.7 Å². The molecule has 2 heterocycles. The number of fused-ring (bicyclic) bond motifs is 1. The average molecular weight is 333 g/mol. The number of rotatable bonds is 2. The molecule has 24 heavy (non-hydrogen) atoms. The van der Waals surface area contributed by atoms with Gasteiger partial charge in [-0.2, -0.15) is 0 Å². The topological polar surface area (TPSA) is 49.0 Å².